The monoisotopic (exact) mass is 299 g/mol. The van der Waals surface area contributed by atoms with Crippen molar-refractivity contribution in [3.63, 3.8) is 0 Å². The van der Waals surface area contributed by atoms with Crippen molar-refractivity contribution < 1.29 is 13.2 Å². The summed E-state index contributed by atoms with van der Waals surface area (Å²) in [5.74, 6) is 1.53. The van der Waals surface area contributed by atoms with Crippen LogP contribution in [0.3, 0.4) is 0 Å². The highest BCUT2D eigenvalue weighted by molar-refractivity contribution is 5.25. The van der Waals surface area contributed by atoms with Gasteiger partial charge in [-0.25, -0.2) is 0 Å². The van der Waals surface area contributed by atoms with E-state index in [1.54, 1.807) is 6.07 Å². The molecule has 21 heavy (non-hydrogen) atoms. The average molecular weight is 299 g/mol. The van der Waals surface area contributed by atoms with E-state index in [1.807, 2.05) is 0 Å². The fourth-order valence-electron chi connectivity index (χ4n) is 3.11. The van der Waals surface area contributed by atoms with E-state index in [0.29, 0.717) is 18.2 Å². The highest BCUT2D eigenvalue weighted by atomic mass is 19.4. The quantitative estimate of drug-likeness (QED) is 0.824. The third-order valence-electron chi connectivity index (χ3n) is 4.56. The maximum Gasteiger partial charge on any atom is 0.416 e. The molecule has 1 nitrogen and oxygen atoms in total. The second-order valence-electron chi connectivity index (χ2n) is 6.43. The van der Waals surface area contributed by atoms with E-state index in [-0.39, 0.29) is 0 Å². The maximum absolute atomic E-state index is 12.7. The van der Waals surface area contributed by atoms with Gasteiger partial charge in [0, 0.05) is 12.6 Å². The Labute approximate surface area is 124 Å². The summed E-state index contributed by atoms with van der Waals surface area (Å²) in [6.45, 7) is 5.04. The maximum atomic E-state index is 12.7. The highest BCUT2D eigenvalue weighted by Gasteiger charge is 2.30. The van der Waals surface area contributed by atoms with Crippen molar-refractivity contribution in [3.8, 4) is 0 Å². The van der Waals surface area contributed by atoms with Gasteiger partial charge in [-0.1, -0.05) is 32.0 Å². The van der Waals surface area contributed by atoms with Crippen molar-refractivity contribution >= 4 is 0 Å². The molecule has 0 heterocycles. The summed E-state index contributed by atoms with van der Waals surface area (Å²) in [6, 6.07) is 6.04. The standard InChI is InChI=1S/C17H24F3N/c1-12(2)14-6-8-16(9-7-14)21-11-13-4-3-5-15(10-13)17(18,19)20/h3-5,10,12,14,16,21H,6-9,11H2,1-2H3. The number of alkyl halides is 3. The van der Waals surface area contributed by atoms with Crippen LogP contribution in [-0.4, -0.2) is 6.04 Å². The Bertz CT molecular complexity index is 446. The van der Waals surface area contributed by atoms with Crippen molar-refractivity contribution in [2.24, 2.45) is 11.8 Å². The molecule has 1 aliphatic carbocycles. The van der Waals surface area contributed by atoms with Gasteiger partial charge in [-0.15, -0.1) is 0 Å². The van der Waals surface area contributed by atoms with Gasteiger partial charge in [0.15, 0.2) is 0 Å². The zero-order chi connectivity index (χ0) is 15.5. The molecule has 1 aromatic carbocycles. The highest BCUT2D eigenvalue weighted by Crippen LogP contribution is 2.31. The number of nitrogens with one attached hydrogen (secondary N) is 1. The Morgan fingerprint density at radius 1 is 1.14 bits per heavy atom. The van der Waals surface area contributed by atoms with Gasteiger partial charge >= 0.3 is 6.18 Å². The molecule has 4 heteroatoms. The molecule has 0 unspecified atom stereocenters. The molecule has 1 fully saturated rings. The first kappa shape index (κ1) is 16.3. The lowest BCUT2D eigenvalue weighted by atomic mass is 9.80. The van der Waals surface area contributed by atoms with Gasteiger partial charge in [-0.3, -0.25) is 0 Å². The van der Waals surface area contributed by atoms with Crippen molar-refractivity contribution in [2.75, 3.05) is 0 Å². The van der Waals surface area contributed by atoms with Crippen LogP contribution in [0.5, 0.6) is 0 Å². The predicted molar refractivity (Wildman–Crippen MR) is 78.9 cm³/mol. The summed E-state index contributed by atoms with van der Waals surface area (Å²) in [6.07, 6.45) is 0.435. The lowest BCUT2D eigenvalue weighted by Crippen LogP contribution is -2.33. The minimum absolute atomic E-state index is 0.439. The van der Waals surface area contributed by atoms with Gasteiger partial charge < -0.3 is 5.32 Å². The van der Waals surface area contributed by atoms with Crippen molar-refractivity contribution in [1.29, 1.82) is 0 Å². The fourth-order valence-corrected chi connectivity index (χ4v) is 3.11. The van der Waals surface area contributed by atoms with E-state index in [2.05, 4.69) is 19.2 Å². The Morgan fingerprint density at radius 2 is 1.81 bits per heavy atom. The van der Waals surface area contributed by atoms with Crippen LogP contribution in [0.4, 0.5) is 13.2 Å². The molecule has 0 amide bonds. The minimum Gasteiger partial charge on any atom is -0.310 e. The molecule has 1 saturated carbocycles. The molecule has 0 radical (unpaired) electrons. The first-order valence-electron chi connectivity index (χ1n) is 7.76. The van der Waals surface area contributed by atoms with Crippen molar-refractivity contribution in [3.05, 3.63) is 35.4 Å². The average Bonchev–Trinajstić information content (AvgIpc) is 2.45. The topological polar surface area (TPSA) is 12.0 Å². The summed E-state index contributed by atoms with van der Waals surface area (Å²) in [4.78, 5) is 0. The van der Waals surface area contributed by atoms with Crippen LogP contribution in [0.2, 0.25) is 0 Å². The third kappa shape index (κ3) is 4.73. The zero-order valence-corrected chi connectivity index (χ0v) is 12.7. The van der Waals surface area contributed by atoms with Crippen molar-refractivity contribution in [2.45, 2.75) is 58.3 Å². The van der Waals surface area contributed by atoms with Crippen LogP contribution in [0.1, 0.15) is 50.7 Å². The largest absolute Gasteiger partial charge is 0.416 e. The summed E-state index contributed by atoms with van der Waals surface area (Å²) in [5.41, 5.74) is 0.140. The Hall–Kier alpha value is -1.03. The van der Waals surface area contributed by atoms with E-state index in [0.717, 1.165) is 30.7 Å². The summed E-state index contributed by atoms with van der Waals surface area (Å²) < 4.78 is 38.0. The second kappa shape index (κ2) is 6.82. The molecule has 118 valence electrons. The Morgan fingerprint density at radius 3 is 2.38 bits per heavy atom. The Balaban J connectivity index is 1.84. The lowest BCUT2D eigenvalue weighted by Gasteiger charge is -2.31. The molecule has 0 aromatic heterocycles. The number of benzene rings is 1. The second-order valence-corrected chi connectivity index (χ2v) is 6.43. The molecular weight excluding hydrogens is 275 g/mol. The summed E-state index contributed by atoms with van der Waals surface area (Å²) in [7, 11) is 0. The Kier molecular flexibility index (Phi) is 5.31. The van der Waals surface area contributed by atoms with E-state index < -0.39 is 11.7 Å². The molecule has 0 bridgehead atoms. The first-order valence-corrected chi connectivity index (χ1v) is 7.76. The van der Waals surface area contributed by atoms with Crippen LogP contribution in [0.15, 0.2) is 24.3 Å². The number of rotatable bonds is 4. The van der Waals surface area contributed by atoms with E-state index in [1.165, 1.54) is 25.0 Å². The van der Waals surface area contributed by atoms with Crippen LogP contribution in [-0.2, 0) is 12.7 Å². The SMILES string of the molecule is CC(C)C1CCC(NCc2cccc(C(F)(F)F)c2)CC1. The molecule has 0 spiro atoms. The van der Waals surface area contributed by atoms with E-state index >= 15 is 0 Å². The van der Waals surface area contributed by atoms with Gasteiger partial charge in [0.05, 0.1) is 5.56 Å². The van der Waals surface area contributed by atoms with Gasteiger partial charge in [-0.2, -0.15) is 13.2 Å². The molecule has 1 N–H and O–H groups in total. The van der Waals surface area contributed by atoms with Gasteiger partial charge in [0.1, 0.15) is 0 Å². The van der Waals surface area contributed by atoms with Crippen LogP contribution < -0.4 is 5.32 Å². The van der Waals surface area contributed by atoms with Crippen LogP contribution in [0.25, 0.3) is 0 Å². The summed E-state index contributed by atoms with van der Waals surface area (Å²) >= 11 is 0. The van der Waals surface area contributed by atoms with Gasteiger partial charge in [0.2, 0.25) is 0 Å². The summed E-state index contributed by atoms with van der Waals surface area (Å²) in [5, 5.41) is 3.41. The zero-order valence-electron chi connectivity index (χ0n) is 12.7. The number of hydrogen-bond donors (Lipinski definition) is 1. The molecule has 2 rings (SSSR count). The predicted octanol–water partition coefficient (Wildman–Crippen LogP) is 5.01. The fraction of sp³-hybridized carbons (Fsp3) is 0.647. The molecule has 0 atom stereocenters. The number of hydrogen-bond acceptors (Lipinski definition) is 1. The van der Waals surface area contributed by atoms with E-state index in [9.17, 15) is 13.2 Å². The molecule has 1 aromatic rings. The molecular formula is C17H24F3N. The van der Waals surface area contributed by atoms with Crippen LogP contribution >= 0.6 is 0 Å². The van der Waals surface area contributed by atoms with Crippen LogP contribution in [0, 0.1) is 11.8 Å². The van der Waals surface area contributed by atoms with Gasteiger partial charge in [-0.05, 0) is 49.1 Å². The number of halogens is 3. The smallest absolute Gasteiger partial charge is 0.310 e. The van der Waals surface area contributed by atoms with E-state index in [4.69, 9.17) is 0 Å². The molecule has 1 aliphatic rings. The lowest BCUT2D eigenvalue weighted by molar-refractivity contribution is -0.137. The first-order chi connectivity index (χ1) is 9.86. The van der Waals surface area contributed by atoms with Gasteiger partial charge in [0.25, 0.3) is 0 Å². The molecule has 0 aliphatic heterocycles. The molecule has 0 saturated heterocycles. The third-order valence-corrected chi connectivity index (χ3v) is 4.56. The minimum atomic E-state index is -4.26. The van der Waals surface area contributed by atoms with Crippen molar-refractivity contribution in [1.82, 2.24) is 5.32 Å². The normalized spacial score (nSPS) is 23.5.